The van der Waals surface area contributed by atoms with Gasteiger partial charge in [0, 0.05) is 19.1 Å². The zero-order valence-corrected chi connectivity index (χ0v) is 14.3. The largest absolute Gasteiger partial charge is 0.442 e. The van der Waals surface area contributed by atoms with E-state index in [0.717, 1.165) is 5.56 Å². The Labute approximate surface area is 145 Å². The number of nitrogens with zero attached hydrogens (tertiary/aromatic N) is 2. The molecule has 1 unspecified atom stereocenters. The Hall–Kier alpha value is -2.73. The van der Waals surface area contributed by atoms with Crippen molar-refractivity contribution in [3.63, 3.8) is 0 Å². The van der Waals surface area contributed by atoms with Gasteiger partial charge in [-0.05, 0) is 25.8 Å². The van der Waals surface area contributed by atoms with Gasteiger partial charge in [-0.25, -0.2) is 9.97 Å². The van der Waals surface area contributed by atoms with Crippen LogP contribution in [0.3, 0.4) is 0 Å². The van der Waals surface area contributed by atoms with Crippen molar-refractivity contribution >= 4 is 22.7 Å². The number of hydrogen-bond donors (Lipinski definition) is 2. The molecule has 1 atom stereocenters. The number of Topliss-reactive ketones (excluding diaryl/α,β-unsaturated/α-hetero) is 1. The zero-order valence-electron chi connectivity index (χ0n) is 14.3. The normalized spacial score (nSPS) is 12.3. The van der Waals surface area contributed by atoms with Gasteiger partial charge in [0.05, 0.1) is 10.9 Å². The Bertz CT molecular complexity index is 874. The van der Waals surface area contributed by atoms with E-state index >= 15 is 0 Å². The van der Waals surface area contributed by atoms with Crippen molar-refractivity contribution in [2.75, 3.05) is 18.5 Å². The first kappa shape index (κ1) is 17.1. The minimum atomic E-state index is -0.0796. The number of rotatable bonds is 7. The maximum Gasteiger partial charge on any atom is 0.232 e. The third-order valence-corrected chi connectivity index (χ3v) is 4.28. The number of benzene rings is 1. The lowest BCUT2D eigenvalue weighted by Gasteiger charge is -2.17. The molecule has 130 valence electrons. The number of aliphatic hydroxyl groups excluding tert-OH is 1. The van der Waals surface area contributed by atoms with Crippen LogP contribution >= 0.6 is 0 Å². The van der Waals surface area contributed by atoms with E-state index in [-0.39, 0.29) is 18.3 Å². The second-order valence-corrected chi connectivity index (χ2v) is 5.99. The highest BCUT2D eigenvalue weighted by Gasteiger charge is 2.20. The number of furan rings is 1. The average Bonchev–Trinajstić information content (AvgIpc) is 2.96. The highest BCUT2D eigenvalue weighted by Crippen LogP contribution is 2.30. The Balaban J connectivity index is 1.91. The van der Waals surface area contributed by atoms with Gasteiger partial charge in [0.2, 0.25) is 5.71 Å². The lowest BCUT2D eigenvalue weighted by Crippen LogP contribution is -2.15. The molecule has 2 aromatic heterocycles. The highest BCUT2D eigenvalue weighted by atomic mass is 16.3. The van der Waals surface area contributed by atoms with E-state index in [0.29, 0.717) is 41.2 Å². The summed E-state index contributed by atoms with van der Waals surface area (Å²) in [5, 5.41) is 13.3. The number of aryl methyl sites for hydroxylation is 1. The van der Waals surface area contributed by atoms with Crippen molar-refractivity contribution in [3.8, 4) is 0 Å². The Morgan fingerprint density at radius 3 is 2.72 bits per heavy atom. The molecule has 1 aromatic carbocycles. The number of fused-ring (bicyclic) bond motifs is 1. The topological polar surface area (TPSA) is 88.2 Å². The summed E-state index contributed by atoms with van der Waals surface area (Å²) < 4.78 is 5.59. The second-order valence-electron chi connectivity index (χ2n) is 5.99. The molecule has 0 saturated carbocycles. The van der Waals surface area contributed by atoms with Gasteiger partial charge in [0.25, 0.3) is 0 Å². The number of nitrogens with one attached hydrogen (secondary N) is 1. The summed E-state index contributed by atoms with van der Waals surface area (Å²) in [7, 11) is 0. The number of anilines is 1. The first-order valence-electron chi connectivity index (χ1n) is 8.26. The predicted molar refractivity (Wildman–Crippen MR) is 95.9 cm³/mol. The molecule has 25 heavy (non-hydrogen) atoms. The summed E-state index contributed by atoms with van der Waals surface area (Å²) in [4.78, 5) is 20.4. The zero-order chi connectivity index (χ0) is 17.8. The van der Waals surface area contributed by atoms with Crippen molar-refractivity contribution in [2.24, 2.45) is 0 Å². The van der Waals surface area contributed by atoms with E-state index in [2.05, 4.69) is 15.3 Å². The smallest absolute Gasteiger partial charge is 0.232 e. The van der Waals surface area contributed by atoms with E-state index in [1.54, 1.807) is 6.92 Å². The monoisotopic (exact) mass is 339 g/mol. The SMILES string of the molecule is CC(=O)c1c(C)oc2ncnc(NCC(CCO)c3ccccc3)c12. The van der Waals surface area contributed by atoms with E-state index in [4.69, 9.17) is 4.42 Å². The summed E-state index contributed by atoms with van der Waals surface area (Å²) in [6, 6.07) is 10.0. The second kappa shape index (κ2) is 7.44. The van der Waals surface area contributed by atoms with Gasteiger partial charge in [0.1, 0.15) is 17.9 Å². The van der Waals surface area contributed by atoms with Crippen LogP contribution in [0.15, 0.2) is 41.1 Å². The molecule has 0 fully saturated rings. The van der Waals surface area contributed by atoms with Crippen LogP contribution in [0.1, 0.15) is 40.9 Å². The minimum absolute atomic E-state index is 0.0796. The van der Waals surface area contributed by atoms with Crippen LogP contribution in [0, 0.1) is 6.92 Å². The number of hydrogen-bond acceptors (Lipinski definition) is 6. The summed E-state index contributed by atoms with van der Waals surface area (Å²) in [6.07, 6.45) is 2.05. The fourth-order valence-corrected chi connectivity index (χ4v) is 3.09. The van der Waals surface area contributed by atoms with Crippen LogP contribution < -0.4 is 5.32 Å². The highest BCUT2D eigenvalue weighted by molar-refractivity contribution is 6.09. The fraction of sp³-hybridized carbons (Fsp3) is 0.316. The average molecular weight is 339 g/mol. The predicted octanol–water partition coefficient (Wildman–Crippen LogP) is 3.31. The van der Waals surface area contributed by atoms with E-state index in [1.807, 2.05) is 30.3 Å². The fourth-order valence-electron chi connectivity index (χ4n) is 3.09. The number of aromatic nitrogens is 2. The molecule has 0 saturated heterocycles. The molecule has 6 heteroatoms. The first-order chi connectivity index (χ1) is 12.1. The van der Waals surface area contributed by atoms with Crippen LogP contribution in [0.5, 0.6) is 0 Å². The van der Waals surface area contributed by atoms with Gasteiger partial charge in [0.15, 0.2) is 5.78 Å². The van der Waals surface area contributed by atoms with Gasteiger partial charge in [-0.3, -0.25) is 4.79 Å². The summed E-state index contributed by atoms with van der Waals surface area (Å²) in [6.45, 7) is 3.94. The Morgan fingerprint density at radius 2 is 2.04 bits per heavy atom. The molecular weight excluding hydrogens is 318 g/mol. The van der Waals surface area contributed by atoms with E-state index < -0.39 is 0 Å². The maximum absolute atomic E-state index is 12.0. The van der Waals surface area contributed by atoms with Gasteiger partial charge < -0.3 is 14.8 Å². The van der Waals surface area contributed by atoms with Crippen LogP contribution in [-0.2, 0) is 0 Å². The third kappa shape index (κ3) is 3.53. The minimum Gasteiger partial charge on any atom is -0.442 e. The summed E-state index contributed by atoms with van der Waals surface area (Å²) in [5.74, 6) is 1.17. The molecule has 0 bridgehead atoms. The van der Waals surface area contributed by atoms with Crippen molar-refractivity contribution in [1.29, 1.82) is 0 Å². The maximum atomic E-state index is 12.0. The molecular formula is C19H21N3O3. The molecule has 0 spiro atoms. The van der Waals surface area contributed by atoms with Crippen LogP contribution in [0.2, 0.25) is 0 Å². The van der Waals surface area contributed by atoms with Gasteiger partial charge in [-0.2, -0.15) is 0 Å². The van der Waals surface area contributed by atoms with Crippen LogP contribution in [-0.4, -0.2) is 34.0 Å². The number of aliphatic hydroxyl groups is 1. The lowest BCUT2D eigenvalue weighted by molar-refractivity contribution is 0.101. The van der Waals surface area contributed by atoms with Gasteiger partial charge in [-0.15, -0.1) is 0 Å². The Kier molecular flexibility index (Phi) is 5.09. The molecule has 3 aromatic rings. The number of carbonyl (C=O) groups excluding carboxylic acids is 1. The molecule has 2 N–H and O–H groups in total. The van der Waals surface area contributed by atoms with Crippen molar-refractivity contribution in [1.82, 2.24) is 9.97 Å². The van der Waals surface area contributed by atoms with Crippen LogP contribution in [0.25, 0.3) is 11.1 Å². The van der Waals surface area contributed by atoms with Crippen LogP contribution in [0.4, 0.5) is 5.82 Å². The number of carbonyl (C=O) groups is 1. The van der Waals surface area contributed by atoms with Crippen molar-refractivity contribution < 1.29 is 14.3 Å². The first-order valence-corrected chi connectivity index (χ1v) is 8.26. The van der Waals surface area contributed by atoms with Crippen molar-refractivity contribution in [2.45, 2.75) is 26.2 Å². The standard InChI is InChI=1S/C19H21N3O3/c1-12(24)16-13(2)25-19-17(16)18(21-11-22-19)20-10-15(8-9-23)14-6-4-3-5-7-14/h3-7,11,15,23H,8-10H2,1-2H3,(H,20,21,22). The molecule has 0 amide bonds. The summed E-state index contributed by atoms with van der Waals surface area (Å²) >= 11 is 0. The molecule has 2 heterocycles. The molecule has 0 aliphatic carbocycles. The Morgan fingerprint density at radius 1 is 1.28 bits per heavy atom. The van der Waals surface area contributed by atoms with E-state index in [9.17, 15) is 9.90 Å². The molecule has 0 radical (unpaired) electrons. The number of ketones is 1. The molecule has 3 rings (SSSR count). The summed E-state index contributed by atoms with van der Waals surface area (Å²) in [5.41, 5.74) is 2.06. The third-order valence-electron chi connectivity index (χ3n) is 4.28. The van der Waals surface area contributed by atoms with Gasteiger partial charge in [-0.1, -0.05) is 30.3 Å². The quantitative estimate of drug-likeness (QED) is 0.642. The van der Waals surface area contributed by atoms with Gasteiger partial charge >= 0.3 is 0 Å². The molecule has 0 aliphatic rings. The molecule has 6 nitrogen and oxygen atoms in total. The van der Waals surface area contributed by atoms with Crippen molar-refractivity contribution in [3.05, 3.63) is 53.5 Å². The van der Waals surface area contributed by atoms with E-state index in [1.165, 1.54) is 13.3 Å². The molecule has 0 aliphatic heterocycles. The lowest BCUT2D eigenvalue weighted by atomic mass is 9.96.